The summed E-state index contributed by atoms with van der Waals surface area (Å²) in [7, 11) is 1.74. The molecule has 1 aromatic heterocycles. The summed E-state index contributed by atoms with van der Waals surface area (Å²) in [5.41, 5.74) is 0. The topological polar surface area (TPSA) is 50.7 Å². The molecule has 0 aliphatic carbocycles. The zero-order chi connectivity index (χ0) is 13.1. The van der Waals surface area contributed by atoms with Crippen LogP contribution in [0.5, 0.6) is 0 Å². The van der Waals surface area contributed by atoms with Gasteiger partial charge in [-0.3, -0.25) is 9.88 Å². The number of nitrogens with zero attached hydrogens (tertiary/aromatic N) is 4. The number of fused-ring (bicyclic) bond motifs is 1. The second-order valence-electron chi connectivity index (χ2n) is 4.99. The van der Waals surface area contributed by atoms with E-state index in [4.69, 9.17) is 9.47 Å². The van der Waals surface area contributed by atoms with Gasteiger partial charge in [-0.05, 0) is 0 Å². The molecular formula is C13H20N4O2. The van der Waals surface area contributed by atoms with Crippen molar-refractivity contribution in [2.24, 2.45) is 0 Å². The maximum absolute atomic E-state index is 5.89. The summed E-state index contributed by atoms with van der Waals surface area (Å²) in [4.78, 5) is 13.3. The van der Waals surface area contributed by atoms with Gasteiger partial charge in [0.25, 0.3) is 0 Å². The fraction of sp³-hybridized carbons (Fsp3) is 0.692. The van der Waals surface area contributed by atoms with Crippen LogP contribution in [0.25, 0.3) is 0 Å². The molecule has 104 valence electrons. The normalized spacial score (nSPS) is 27.5. The molecule has 6 nitrogen and oxygen atoms in total. The van der Waals surface area contributed by atoms with Crippen molar-refractivity contribution in [1.29, 1.82) is 0 Å². The van der Waals surface area contributed by atoms with Crippen LogP contribution >= 0.6 is 0 Å². The minimum Gasteiger partial charge on any atom is -0.383 e. The minimum atomic E-state index is 0.271. The Kier molecular flexibility index (Phi) is 3.91. The van der Waals surface area contributed by atoms with Crippen LogP contribution in [0.3, 0.4) is 0 Å². The van der Waals surface area contributed by atoms with Crippen molar-refractivity contribution in [2.45, 2.75) is 12.1 Å². The van der Waals surface area contributed by atoms with Crippen molar-refractivity contribution >= 4 is 5.82 Å². The maximum atomic E-state index is 5.89. The molecular weight excluding hydrogens is 244 g/mol. The Balaban J connectivity index is 1.70. The Labute approximate surface area is 113 Å². The highest BCUT2D eigenvalue weighted by atomic mass is 16.5. The number of likely N-dealkylation sites (tertiary alicyclic amines) is 1. The van der Waals surface area contributed by atoms with E-state index in [1.807, 2.05) is 6.20 Å². The third-order valence-electron chi connectivity index (χ3n) is 3.83. The molecule has 3 rings (SSSR count). The molecule has 0 aromatic carbocycles. The summed E-state index contributed by atoms with van der Waals surface area (Å²) in [5, 5.41) is 0. The van der Waals surface area contributed by atoms with Gasteiger partial charge in [0.2, 0.25) is 0 Å². The summed E-state index contributed by atoms with van der Waals surface area (Å²) in [6, 6.07) is 0.377. The van der Waals surface area contributed by atoms with Crippen LogP contribution in [0, 0.1) is 0 Å². The second-order valence-corrected chi connectivity index (χ2v) is 4.99. The molecule has 0 bridgehead atoms. The molecule has 2 fully saturated rings. The number of morpholine rings is 1. The number of aromatic nitrogens is 2. The SMILES string of the molecule is COCCN1C[C@@H]2OCCN(c3cnccn3)[C@@H]2C1. The average Bonchev–Trinajstić information content (AvgIpc) is 2.88. The number of ether oxygens (including phenoxy) is 2. The van der Waals surface area contributed by atoms with Crippen LogP contribution in [-0.4, -0.2) is 73.5 Å². The van der Waals surface area contributed by atoms with Crippen molar-refractivity contribution in [3.63, 3.8) is 0 Å². The van der Waals surface area contributed by atoms with Gasteiger partial charge in [0, 0.05) is 45.7 Å². The van der Waals surface area contributed by atoms with Gasteiger partial charge >= 0.3 is 0 Å². The van der Waals surface area contributed by atoms with Gasteiger partial charge in [0.15, 0.2) is 0 Å². The number of hydrogen-bond acceptors (Lipinski definition) is 6. The summed E-state index contributed by atoms with van der Waals surface area (Å²) >= 11 is 0. The van der Waals surface area contributed by atoms with E-state index in [-0.39, 0.29) is 6.10 Å². The Bertz CT molecular complexity index is 403. The van der Waals surface area contributed by atoms with E-state index in [1.54, 1.807) is 19.5 Å². The molecule has 0 N–H and O–H groups in total. The van der Waals surface area contributed by atoms with Crippen LogP contribution in [0.15, 0.2) is 18.6 Å². The highest BCUT2D eigenvalue weighted by molar-refractivity contribution is 5.38. The van der Waals surface area contributed by atoms with E-state index in [0.29, 0.717) is 6.04 Å². The molecule has 0 saturated carbocycles. The fourth-order valence-corrected chi connectivity index (χ4v) is 2.89. The number of rotatable bonds is 4. The number of methoxy groups -OCH3 is 1. The summed E-state index contributed by atoms with van der Waals surface area (Å²) < 4.78 is 11.0. The first kappa shape index (κ1) is 12.8. The molecule has 19 heavy (non-hydrogen) atoms. The van der Waals surface area contributed by atoms with E-state index >= 15 is 0 Å². The third-order valence-corrected chi connectivity index (χ3v) is 3.83. The van der Waals surface area contributed by atoms with Gasteiger partial charge < -0.3 is 14.4 Å². The lowest BCUT2D eigenvalue weighted by atomic mass is 10.1. The Morgan fingerprint density at radius 2 is 2.37 bits per heavy atom. The lowest BCUT2D eigenvalue weighted by Gasteiger charge is -2.37. The standard InChI is InChI=1S/C13H20N4O2/c1-18-6-4-16-9-11-12(10-16)19-7-5-17(11)13-8-14-2-3-15-13/h2-3,8,11-12H,4-7,9-10H2,1H3/t11-,12+/m1/s1. The molecule has 2 aliphatic heterocycles. The van der Waals surface area contributed by atoms with Crippen LogP contribution < -0.4 is 4.90 Å². The molecule has 0 spiro atoms. The lowest BCUT2D eigenvalue weighted by molar-refractivity contribution is 0.0296. The molecule has 2 atom stereocenters. The Hall–Kier alpha value is -1.24. The molecule has 0 radical (unpaired) electrons. The monoisotopic (exact) mass is 264 g/mol. The molecule has 0 amide bonds. The van der Waals surface area contributed by atoms with Gasteiger partial charge in [-0.25, -0.2) is 4.98 Å². The number of anilines is 1. The van der Waals surface area contributed by atoms with Crippen LogP contribution in [0.4, 0.5) is 5.82 Å². The molecule has 6 heteroatoms. The molecule has 2 saturated heterocycles. The lowest BCUT2D eigenvalue weighted by Crippen LogP contribution is -2.51. The molecule has 2 aliphatic rings. The van der Waals surface area contributed by atoms with Gasteiger partial charge in [-0.15, -0.1) is 0 Å². The maximum Gasteiger partial charge on any atom is 0.147 e. The van der Waals surface area contributed by atoms with Gasteiger partial charge in [-0.1, -0.05) is 0 Å². The smallest absolute Gasteiger partial charge is 0.147 e. The van der Waals surface area contributed by atoms with Gasteiger partial charge in [0.05, 0.1) is 31.6 Å². The Morgan fingerprint density at radius 1 is 1.42 bits per heavy atom. The molecule has 1 aromatic rings. The summed E-state index contributed by atoms with van der Waals surface area (Å²) in [5.74, 6) is 0.953. The van der Waals surface area contributed by atoms with Crippen molar-refractivity contribution in [3.05, 3.63) is 18.6 Å². The first-order valence-electron chi connectivity index (χ1n) is 6.74. The largest absolute Gasteiger partial charge is 0.383 e. The van der Waals surface area contributed by atoms with E-state index in [9.17, 15) is 0 Å². The zero-order valence-electron chi connectivity index (χ0n) is 11.2. The van der Waals surface area contributed by atoms with E-state index in [0.717, 1.165) is 45.2 Å². The van der Waals surface area contributed by atoms with Gasteiger partial charge in [0.1, 0.15) is 5.82 Å². The van der Waals surface area contributed by atoms with Crippen molar-refractivity contribution in [3.8, 4) is 0 Å². The minimum absolute atomic E-state index is 0.271. The predicted molar refractivity (Wildman–Crippen MR) is 71.2 cm³/mol. The van der Waals surface area contributed by atoms with Crippen LogP contribution in [0.2, 0.25) is 0 Å². The van der Waals surface area contributed by atoms with Crippen molar-refractivity contribution in [2.75, 3.05) is 51.4 Å². The first-order chi connectivity index (χ1) is 9.38. The van der Waals surface area contributed by atoms with Crippen LogP contribution in [-0.2, 0) is 9.47 Å². The summed E-state index contributed by atoms with van der Waals surface area (Å²) in [6.45, 7) is 5.36. The fourth-order valence-electron chi connectivity index (χ4n) is 2.89. The van der Waals surface area contributed by atoms with E-state index in [1.165, 1.54) is 0 Å². The highest BCUT2D eigenvalue weighted by Gasteiger charge is 2.40. The second kappa shape index (κ2) is 5.81. The van der Waals surface area contributed by atoms with Crippen molar-refractivity contribution in [1.82, 2.24) is 14.9 Å². The van der Waals surface area contributed by atoms with Crippen molar-refractivity contribution < 1.29 is 9.47 Å². The van der Waals surface area contributed by atoms with E-state index < -0.39 is 0 Å². The number of hydrogen-bond donors (Lipinski definition) is 0. The van der Waals surface area contributed by atoms with Crippen LogP contribution in [0.1, 0.15) is 0 Å². The molecule has 0 unspecified atom stereocenters. The third kappa shape index (κ3) is 2.70. The molecule has 3 heterocycles. The zero-order valence-corrected chi connectivity index (χ0v) is 11.2. The highest BCUT2D eigenvalue weighted by Crippen LogP contribution is 2.26. The predicted octanol–water partition coefficient (Wildman–Crippen LogP) is 0.0124. The van der Waals surface area contributed by atoms with E-state index in [2.05, 4.69) is 19.8 Å². The average molecular weight is 264 g/mol. The quantitative estimate of drug-likeness (QED) is 0.764. The Morgan fingerprint density at radius 3 is 3.16 bits per heavy atom. The summed E-state index contributed by atoms with van der Waals surface area (Å²) in [6.07, 6.45) is 5.56. The first-order valence-corrected chi connectivity index (χ1v) is 6.74. The van der Waals surface area contributed by atoms with Gasteiger partial charge in [-0.2, -0.15) is 0 Å².